The first-order valence-electron chi connectivity index (χ1n) is 9.41. The van der Waals surface area contributed by atoms with Gasteiger partial charge in [-0.1, -0.05) is 36.4 Å². The van der Waals surface area contributed by atoms with Gasteiger partial charge in [0.25, 0.3) is 0 Å². The summed E-state index contributed by atoms with van der Waals surface area (Å²) in [7, 11) is 1.67. The van der Waals surface area contributed by atoms with E-state index in [0.29, 0.717) is 13.0 Å². The fraction of sp³-hybridized carbons (Fsp3) is 0.348. The maximum atomic E-state index is 10.6. The molecular formula is C23H28O4. The number of benzene rings is 2. The Kier molecular flexibility index (Phi) is 8.98. The Balaban J connectivity index is 1.62. The standard InChI is InChI=1S/C23H28O4/c1-26-21-15-13-19(14-16-21)8-4-2-3-5-17-27-22-11-6-9-20(18-22)10-7-12-23(24)25/h4,6,8-9,11,13-16,18H,2-3,5,7,10,12,17H2,1H3,(H,24,25)/b8-4+. The van der Waals surface area contributed by atoms with Crippen molar-refractivity contribution >= 4 is 12.0 Å². The lowest BCUT2D eigenvalue weighted by atomic mass is 10.1. The second kappa shape index (κ2) is 11.8. The lowest BCUT2D eigenvalue weighted by molar-refractivity contribution is -0.137. The molecule has 0 aromatic heterocycles. The molecule has 0 spiro atoms. The second-order valence-corrected chi connectivity index (χ2v) is 6.41. The van der Waals surface area contributed by atoms with Crippen molar-refractivity contribution in [2.24, 2.45) is 0 Å². The Hall–Kier alpha value is -2.75. The van der Waals surface area contributed by atoms with Crippen LogP contribution in [-0.4, -0.2) is 24.8 Å². The van der Waals surface area contributed by atoms with E-state index < -0.39 is 5.97 Å². The van der Waals surface area contributed by atoms with Crippen molar-refractivity contribution in [2.75, 3.05) is 13.7 Å². The number of aliphatic carboxylic acids is 1. The third kappa shape index (κ3) is 8.45. The quantitative estimate of drug-likeness (QED) is 0.512. The molecule has 0 aliphatic carbocycles. The second-order valence-electron chi connectivity index (χ2n) is 6.41. The summed E-state index contributed by atoms with van der Waals surface area (Å²) >= 11 is 0. The first kappa shape index (κ1) is 20.6. The van der Waals surface area contributed by atoms with Gasteiger partial charge in [-0.15, -0.1) is 0 Å². The zero-order chi connectivity index (χ0) is 19.3. The molecule has 0 aliphatic heterocycles. The molecule has 0 amide bonds. The number of hydrogen-bond donors (Lipinski definition) is 1. The fourth-order valence-corrected chi connectivity index (χ4v) is 2.72. The molecule has 144 valence electrons. The number of ether oxygens (including phenoxy) is 2. The van der Waals surface area contributed by atoms with Crippen molar-refractivity contribution in [3.63, 3.8) is 0 Å². The highest BCUT2D eigenvalue weighted by Gasteiger charge is 2.00. The molecule has 2 aromatic carbocycles. The molecule has 0 saturated carbocycles. The molecule has 0 radical (unpaired) electrons. The highest BCUT2D eigenvalue weighted by atomic mass is 16.5. The Labute approximate surface area is 161 Å². The molecule has 4 heteroatoms. The molecular weight excluding hydrogens is 340 g/mol. The first-order valence-corrected chi connectivity index (χ1v) is 9.41. The van der Waals surface area contributed by atoms with Crippen LogP contribution in [0.25, 0.3) is 6.08 Å². The number of hydrogen-bond acceptors (Lipinski definition) is 3. The maximum Gasteiger partial charge on any atom is 0.303 e. The summed E-state index contributed by atoms with van der Waals surface area (Å²) in [4.78, 5) is 10.6. The van der Waals surface area contributed by atoms with Crippen molar-refractivity contribution in [1.29, 1.82) is 0 Å². The Morgan fingerprint density at radius 1 is 1.04 bits per heavy atom. The van der Waals surface area contributed by atoms with Gasteiger partial charge in [-0.05, 0) is 67.5 Å². The average Bonchev–Trinajstić information content (AvgIpc) is 2.68. The number of carbonyl (C=O) groups is 1. The number of carboxylic acid groups (broad SMARTS) is 1. The first-order chi connectivity index (χ1) is 13.2. The molecule has 0 heterocycles. The number of rotatable bonds is 12. The van der Waals surface area contributed by atoms with Crippen molar-refractivity contribution in [2.45, 2.75) is 38.5 Å². The lowest BCUT2D eigenvalue weighted by Crippen LogP contribution is -1.98. The summed E-state index contributed by atoms with van der Waals surface area (Å²) in [5, 5.41) is 8.70. The van der Waals surface area contributed by atoms with Crippen LogP contribution in [0.4, 0.5) is 0 Å². The normalized spacial score (nSPS) is 10.9. The smallest absolute Gasteiger partial charge is 0.303 e. The van der Waals surface area contributed by atoms with Gasteiger partial charge in [0.15, 0.2) is 0 Å². The number of carboxylic acids is 1. The molecule has 2 rings (SSSR count). The Morgan fingerprint density at radius 2 is 1.85 bits per heavy atom. The van der Waals surface area contributed by atoms with Gasteiger partial charge < -0.3 is 14.6 Å². The summed E-state index contributed by atoms with van der Waals surface area (Å²) in [5.41, 5.74) is 2.29. The van der Waals surface area contributed by atoms with Crippen LogP contribution in [0.3, 0.4) is 0 Å². The minimum atomic E-state index is -0.747. The molecule has 0 unspecified atom stereocenters. The zero-order valence-electron chi connectivity index (χ0n) is 15.9. The largest absolute Gasteiger partial charge is 0.497 e. The number of methoxy groups -OCH3 is 1. The van der Waals surface area contributed by atoms with E-state index in [1.54, 1.807) is 7.11 Å². The molecule has 27 heavy (non-hydrogen) atoms. The van der Waals surface area contributed by atoms with Gasteiger partial charge in [0, 0.05) is 6.42 Å². The SMILES string of the molecule is COc1ccc(/C=C/CCCCOc2cccc(CCCC(=O)O)c2)cc1. The summed E-state index contributed by atoms with van der Waals surface area (Å²) in [6, 6.07) is 15.9. The predicted molar refractivity (Wildman–Crippen MR) is 108 cm³/mol. The van der Waals surface area contributed by atoms with Gasteiger partial charge in [-0.25, -0.2) is 0 Å². The van der Waals surface area contributed by atoms with E-state index in [9.17, 15) is 4.79 Å². The lowest BCUT2D eigenvalue weighted by Gasteiger charge is -2.07. The molecule has 0 aliphatic rings. The summed E-state index contributed by atoms with van der Waals surface area (Å²) in [5.74, 6) is 0.982. The average molecular weight is 368 g/mol. The topological polar surface area (TPSA) is 55.8 Å². The van der Waals surface area contributed by atoms with Crippen molar-refractivity contribution in [1.82, 2.24) is 0 Å². The van der Waals surface area contributed by atoms with Gasteiger partial charge in [0.05, 0.1) is 13.7 Å². The van der Waals surface area contributed by atoms with E-state index in [0.717, 1.165) is 42.7 Å². The third-order valence-corrected chi connectivity index (χ3v) is 4.21. The van der Waals surface area contributed by atoms with Gasteiger partial charge in [-0.2, -0.15) is 0 Å². The summed E-state index contributed by atoms with van der Waals surface area (Å²) < 4.78 is 11.0. The van der Waals surface area contributed by atoms with E-state index in [4.69, 9.17) is 14.6 Å². The van der Waals surface area contributed by atoms with Crippen LogP contribution in [-0.2, 0) is 11.2 Å². The van der Waals surface area contributed by atoms with Crippen LogP contribution in [0.2, 0.25) is 0 Å². The minimum Gasteiger partial charge on any atom is -0.497 e. The van der Waals surface area contributed by atoms with Crippen LogP contribution in [0, 0.1) is 0 Å². The van der Waals surface area contributed by atoms with Crippen LogP contribution in [0.5, 0.6) is 11.5 Å². The molecule has 0 fully saturated rings. The zero-order valence-corrected chi connectivity index (χ0v) is 15.9. The molecule has 4 nitrogen and oxygen atoms in total. The van der Waals surface area contributed by atoms with Crippen molar-refractivity contribution < 1.29 is 19.4 Å². The summed E-state index contributed by atoms with van der Waals surface area (Å²) in [6.07, 6.45) is 9.02. The third-order valence-electron chi connectivity index (χ3n) is 4.21. The number of aryl methyl sites for hydroxylation is 1. The fourth-order valence-electron chi connectivity index (χ4n) is 2.72. The molecule has 2 aromatic rings. The van der Waals surface area contributed by atoms with E-state index >= 15 is 0 Å². The molecule has 0 saturated heterocycles. The highest BCUT2D eigenvalue weighted by molar-refractivity contribution is 5.66. The van der Waals surface area contributed by atoms with Crippen molar-refractivity contribution in [3.05, 3.63) is 65.7 Å². The molecule has 1 N–H and O–H groups in total. The predicted octanol–water partition coefficient (Wildman–Crippen LogP) is 5.37. The van der Waals surface area contributed by atoms with Gasteiger partial charge in [-0.3, -0.25) is 4.79 Å². The Bertz CT molecular complexity index is 719. The van der Waals surface area contributed by atoms with Gasteiger partial charge in [0.2, 0.25) is 0 Å². The van der Waals surface area contributed by atoms with E-state index in [-0.39, 0.29) is 6.42 Å². The van der Waals surface area contributed by atoms with Crippen LogP contribution >= 0.6 is 0 Å². The molecule has 0 atom stereocenters. The molecule has 0 bridgehead atoms. The minimum absolute atomic E-state index is 0.204. The maximum absolute atomic E-state index is 10.6. The monoisotopic (exact) mass is 368 g/mol. The summed E-state index contributed by atoms with van der Waals surface area (Å²) in [6.45, 7) is 0.689. The van der Waals surface area contributed by atoms with Crippen LogP contribution in [0.1, 0.15) is 43.2 Å². The van der Waals surface area contributed by atoms with Crippen molar-refractivity contribution in [3.8, 4) is 11.5 Å². The highest BCUT2D eigenvalue weighted by Crippen LogP contribution is 2.16. The van der Waals surface area contributed by atoms with Gasteiger partial charge >= 0.3 is 5.97 Å². The van der Waals surface area contributed by atoms with E-state index in [2.05, 4.69) is 12.2 Å². The van der Waals surface area contributed by atoms with E-state index in [1.165, 1.54) is 5.56 Å². The number of unbranched alkanes of at least 4 members (excludes halogenated alkanes) is 2. The van der Waals surface area contributed by atoms with E-state index in [1.807, 2.05) is 48.5 Å². The Morgan fingerprint density at radius 3 is 2.59 bits per heavy atom. The number of allylic oxidation sites excluding steroid dienone is 1. The van der Waals surface area contributed by atoms with Crippen LogP contribution < -0.4 is 9.47 Å². The van der Waals surface area contributed by atoms with Gasteiger partial charge in [0.1, 0.15) is 11.5 Å². The van der Waals surface area contributed by atoms with Crippen LogP contribution in [0.15, 0.2) is 54.6 Å².